The predicted molar refractivity (Wildman–Crippen MR) is 362 cm³/mol. The zero-order valence-electron chi connectivity index (χ0n) is 63.1. The number of alkyl carbamates (subject to hydrolysis) is 1. The first kappa shape index (κ1) is 112. The van der Waals surface area contributed by atoms with Gasteiger partial charge in [-0.15, -0.1) is 0 Å². The number of nitrogens with zero attached hydrogens (tertiary/aromatic N) is 2. The Bertz CT molecular complexity index is 2020. The molecule has 8 unspecified atom stereocenters. The molecule has 6 fully saturated rings. The monoisotopic (exact) mass is 1710 g/mol. The van der Waals surface area contributed by atoms with Crippen molar-refractivity contribution in [2.45, 2.75) is 226 Å². The van der Waals surface area contributed by atoms with Crippen LogP contribution in [0.2, 0.25) is 0 Å². The maximum absolute atomic E-state index is 10.2. The molecular weight excluding hydrogens is 1590 g/mol. The van der Waals surface area contributed by atoms with Gasteiger partial charge in [0.15, 0.2) is 52.6 Å². The Morgan fingerprint density at radius 1 is 0.653 bits per heavy atom. The first-order chi connectivity index (χ1) is 46.0. The van der Waals surface area contributed by atoms with Crippen LogP contribution in [0, 0.1) is 0 Å². The number of amides is 1. The number of nitrogens with one attached hydrogen (secondary N) is 1. The molecule has 19 N–H and O–H groups in total. The van der Waals surface area contributed by atoms with Gasteiger partial charge >= 0.3 is 98.4 Å². The predicted octanol–water partition coefficient (Wildman–Crippen LogP) is -6.91. The number of halogens is 1. The molecule has 0 aliphatic carbocycles. The van der Waals surface area contributed by atoms with Crippen LogP contribution in [0.15, 0.2) is 5.16 Å². The molecule has 0 saturated carbocycles. The van der Waals surface area contributed by atoms with Crippen LogP contribution in [-0.4, -0.2) is 366 Å². The normalized spacial score (nSPS) is 23.5. The van der Waals surface area contributed by atoms with Crippen LogP contribution in [0.4, 0.5) is 9.59 Å². The van der Waals surface area contributed by atoms with Crippen molar-refractivity contribution in [2.24, 2.45) is 22.5 Å². The maximum Gasteiger partial charge on any atom is 1.00 e. The summed E-state index contributed by atoms with van der Waals surface area (Å²) in [6.45, 7) is 36.3. The van der Waals surface area contributed by atoms with E-state index in [2.05, 4.69) is 77.9 Å². The average Bonchev–Trinajstić information content (AvgIpc) is 1.75. The van der Waals surface area contributed by atoms with E-state index in [-0.39, 0.29) is 108 Å². The van der Waals surface area contributed by atoms with Crippen LogP contribution in [0.3, 0.4) is 0 Å². The molecule has 0 aromatic heterocycles. The van der Waals surface area contributed by atoms with E-state index in [1.165, 1.54) is 39.7 Å². The van der Waals surface area contributed by atoms with Gasteiger partial charge in [-0.25, -0.2) is 9.59 Å². The van der Waals surface area contributed by atoms with Crippen LogP contribution < -0.4 is 41.5 Å². The third-order valence-electron chi connectivity index (χ3n) is 12.1. The van der Waals surface area contributed by atoms with Crippen LogP contribution in [0.25, 0.3) is 0 Å². The summed E-state index contributed by atoms with van der Waals surface area (Å²) >= 11 is 2.46. The van der Waals surface area contributed by atoms with E-state index in [4.69, 9.17) is 110 Å². The molecule has 0 aromatic carbocycles. The van der Waals surface area contributed by atoms with Crippen molar-refractivity contribution in [1.82, 2.24) is 10.2 Å². The Balaban J connectivity index is -0.000000137. The topological polar surface area (TPSA) is 581 Å². The number of oxime groups is 1. The van der Waals surface area contributed by atoms with Crippen molar-refractivity contribution in [3.8, 4) is 0 Å². The molecule has 0 spiro atoms. The van der Waals surface area contributed by atoms with E-state index in [1.54, 1.807) is 55.4 Å². The van der Waals surface area contributed by atoms with Gasteiger partial charge in [0.1, 0.15) is 67.1 Å². The van der Waals surface area contributed by atoms with Gasteiger partial charge < -0.3 is 151 Å². The molecule has 101 heavy (non-hydrogen) atoms. The van der Waals surface area contributed by atoms with E-state index in [0.717, 1.165) is 6.29 Å². The van der Waals surface area contributed by atoms with E-state index in [9.17, 15) is 34.2 Å². The Labute approximate surface area is 636 Å². The third kappa shape index (κ3) is 61.6. The van der Waals surface area contributed by atoms with Crippen LogP contribution >= 0.6 is 11.9 Å². The van der Waals surface area contributed by atoms with Gasteiger partial charge in [-0.3, -0.25) is 0 Å². The number of ether oxygens (including phenoxy) is 13. The summed E-state index contributed by atoms with van der Waals surface area (Å²) in [5.74, 6) is 0.400. The summed E-state index contributed by atoms with van der Waals surface area (Å²) in [6.07, 6.45) is -10.1. The number of carbonyl (C=O) groups is 5. The molecule has 6 heterocycles. The largest absolute Gasteiger partial charge is 1.00 e. The minimum atomic E-state index is -1.82. The molecule has 598 valence electrons. The van der Waals surface area contributed by atoms with Crippen molar-refractivity contribution in [1.29, 1.82) is 0 Å². The first-order valence-corrected chi connectivity index (χ1v) is 34.8. The van der Waals surface area contributed by atoms with Crippen molar-refractivity contribution >= 4 is 91.1 Å². The second-order valence-electron chi connectivity index (χ2n) is 22.8. The van der Waals surface area contributed by atoms with Crippen molar-refractivity contribution in [3.63, 3.8) is 0 Å². The Kier molecular flexibility index (Phi) is 71.1. The van der Waals surface area contributed by atoms with E-state index >= 15 is 0 Å². The number of carbonyl (C=O) groups excluding carboxylic acids is 5. The molecule has 1 amide bonds. The van der Waals surface area contributed by atoms with Crippen LogP contribution in [-0.2, 0) is 85.7 Å². The average molecular weight is 1710 g/mol. The van der Waals surface area contributed by atoms with Gasteiger partial charge in [0, 0.05) is 13.1 Å². The Hall–Kier alpha value is -2.08. The molecule has 2 radical (unpaired) electrons. The van der Waals surface area contributed by atoms with E-state index in [0.29, 0.717) is 46.1 Å². The quantitative estimate of drug-likeness (QED) is 0.0127. The van der Waals surface area contributed by atoms with Crippen LogP contribution in [0.5, 0.6) is 0 Å². The van der Waals surface area contributed by atoms with Crippen molar-refractivity contribution < 1.29 is 178 Å². The molecule has 0 bridgehead atoms. The molecule has 43 heteroatoms. The summed E-state index contributed by atoms with van der Waals surface area (Å²) in [6, 6.07) is 0. The summed E-state index contributed by atoms with van der Waals surface area (Å²) < 4.78 is 78.5. The SMILES string of the molecule is CC(=O)[O][Pb][O]C(C)=O.CC1(C)OCC(C(O)C(O)C2COC(C)(C)O2)O1.CC1(C)OC[C@H](/C=N/O)O1.CC1(C)OC[C@H](C=O)O1.CC1(C)OC[C@H](CN)O1.CCN(CC)CC.CCOC(=O)OCC.NC[C@H](O)CO.NOCl.O=C1NC[C@@H](CO)O1.OCC(O)C(O)C(O)C(O)CO.[AlH3].[H+].[H-].[Li+]. The fourth-order valence-corrected chi connectivity index (χ4v) is 8.17. The number of hydrogen-bond donors (Lipinski definition) is 16. The molecule has 39 nitrogen and oxygen atoms in total. The molecule has 6 aliphatic rings. The number of rotatable bonds is 21. The summed E-state index contributed by atoms with van der Waals surface area (Å²) in [5.41, 5.74) is 10.2. The summed E-state index contributed by atoms with van der Waals surface area (Å²) in [7, 11) is 0. The number of aldehydes is 1. The standard InChI is InChI=1S/C12H22O6.C6H11NO3.C6H13NO2.C6H15N.C6H14O6.C6H10O3.C5H10O3.C4H7NO3.C3H9NO2.2C2H4O2.Al.ClH2NO.Li.Pb.4H/c1-11(2)15-5-7(17-11)9(13)10(14)8-6-16-12(3,4)18-8;1-6(2)9-4-5(10-6)3-7-8;1-6(2)8-4-5(3-7)9-6;1-4-7(5-2)6-3;7-1-3(9)5(11)6(12)4(10)2-8;1-6(2)8-4-5(3-7)9-6;1-3-7-5(6)8-4-2;6-2-3-1-5-4(7)8-3;4-1-3(6)2-5;2*1-2(3)4;;1-3-2;;;;;;/h7-10,13-14H,5-6H2,1-4H3;3,5,8H,4H2,1-2H3;5H,3-4,7H2,1-2H3;4-6H2,1-3H3;3-12H,1-2H2;3,5H,4H2,1-2H3;3-4H2,1-2H3;3,6H,1-2H2,(H,5,7);3,5-6H,1-2,4H2;2*1H3,(H,3,4);;2H2;;;;;;/q;;;;;;;;;;;;;+1;+2;;;;-1/p-1/b;7-3+;;;;;;;;;;;;;;;;;/t;2*5-;;;5-;;2*3-;;;;;;;;;;/m.00..0.00........../s1. The van der Waals surface area contributed by atoms with Gasteiger partial charge in [0.25, 0.3) is 0 Å². The van der Waals surface area contributed by atoms with Gasteiger partial charge in [-0.05, 0) is 103 Å². The zero-order valence-corrected chi connectivity index (χ0v) is 65.8. The first-order valence-electron chi connectivity index (χ1n) is 31.3. The molecular formula is C58H124AlClLiN6O33Pb+. The summed E-state index contributed by atoms with van der Waals surface area (Å²) in [5, 5.41) is 110. The fourth-order valence-electron chi connectivity index (χ4n) is 7.10. The fraction of sp³-hybridized carbons (Fsp3) is 0.897. The zero-order chi connectivity index (χ0) is 77.8. The van der Waals surface area contributed by atoms with Crippen LogP contribution in [0.1, 0.15) is 121 Å². The van der Waals surface area contributed by atoms with Crippen molar-refractivity contribution in [3.05, 3.63) is 0 Å². The van der Waals surface area contributed by atoms with Gasteiger partial charge in [0.05, 0.1) is 110 Å². The second kappa shape index (κ2) is 64.0. The number of cyclic esters (lactones) is 1. The van der Waals surface area contributed by atoms with Gasteiger partial charge in [-0.1, -0.05) is 25.9 Å². The molecule has 6 rings (SSSR count). The van der Waals surface area contributed by atoms with Crippen molar-refractivity contribution in [2.75, 3.05) is 112 Å². The van der Waals surface area contributed by atoms with E-state index < -0.39 is 134 Å². The molecule has 6 aliphatic heterocycles. The van der Waals surface area contributed by atoms with E-state index in [1.807, 2.05) is 27.7 Å². The minimum Gasteiger partial charge on any atom is -1.00 e. The number of hydrogen-bond acceptors (Lipinski definition) is 38. The van der Waals surface area contributed by atoms with Gasteiger partial charge in [0.2, 0.25) is 0 Å². The Morgan fingerprint density at radius 2 is 1.02 bits per heavy atom. The Morgan fingerprint density at radius 3 is 1.21 bits per heavy atom. The second-order valence-corrected chi connectivity index (χ2v) is 25.2. The molecule has 0 aromatic rings. The van der Waals surface area contributed by atoms with Gasteiger partial charge in [-0.2, -0.15) is 10.3 Å². The molecule has 13 atom stereocenters. The minimum absolute atomic E-state index is 0. The number of aliphatic hydroxyl groups is 11. The maximum atomic E-state index is 10.2. The number of nitrogens with two attached hydrogens (primary N) is 3. The third-order valence-corrected chi connectivity index (χ3v) is 15.0. The summed E-state index contributed by atoms with van der Waals surface area (Å²) in [4.78, 5) is 53.0. The molecule has 6 saturated heterocycles. The number of aliphatic hydroxyl groups excluding tert-OH is 11. The smallest absolute Gasteiger partial charge is 1.00 e.